The van der Waals surface area contributed by atoms with Crippen molar-refractivity contribution in [2.45, 2.75) is 30.5 Å². The number of aromatic amines is 1. The van der Waals surface area contributed by atoms with Gasteiger partial charge in [-0.1, -0.05) is 30.0 Å². The molecular weight excluding hydrogens is 352 g/mol. The van der Waals surface area contributed by atoms with E-state index in [2.05, 4.69) is 37.6 Å². The molecule has 1 saturated carbocycles. The molecule has 4 N–H and O–H groups in total. The maximum absolute atomic E-state index is 11.6. The Labute approximate surface area is 155 Å². The van der Waals surface area contributed by atoms with Crippen LogP contribution in [0.5, 0.6) is 5.75 Å². The lowest BCUT2D eigenvalue weighted by atomic mass is 10.1. The van der Waals surface area contributed by atoms with Crippen LogP contribution in [0.15, 0.2) is 41.1 Å². The predicted octanol–water partition coefficient (Wildman–Crippen LogP) is 2.06. The summed E-state index contributed by atoms with van der Waals surface area (Å²) in [5.74, 6) is 0.798. The van der Waals surface area contributed by atoms with Gasteiger partial charge in [-0.25, -0.2) is 10.5 Å². The Balaban J connectivity index is 1.51. The highest BCUT2D eigenvalue weighted by atomic mass is 32.2. The van der Waals surface area contributed by atoms with Gasteiger partial charge in [-0.2, -0.15) is 10.1 Å². The van der Waals surface area contributed by atoms with Crippen LogP contribution in [0.3, 0.4) is 0 Å². The molecule has 1 aliphatic rings. The fraction of sp³-hybridized carbons (Fsp3) is 0.294. The summed E-state index contributed by atoms with van der Waals surface area (Å²) in [6.07, 6.45) is 5.94. The van der Waals surface area contributed by atoms with E-state index in [1.807, 2.05) is 12.1 Å². The number of anilines is 1. The van der Waals surface area contributed by atoms with E-state index in [4.69, 9.17) is 0 Å². The van der Waals surface area contributed by atoms with Gasteiger partial charge in [0.15, 0.2) is 0 Å². The lowest BCUT2D eigenvalue weighted by Gasteiger charge is -2.04. The normalized spacial score (nSPS) is 13.7. The van der Waals surface area contributed by atoms with E-state index >= 15 is 0 Å². The maximum Gasteiger partial charge on any atom is 0.240 e. The molecule has 2 aromatic rings. The first-order valence-electron chi connectivity index (χ1n) is 8.21. The van der Waals surface area contributed by atoms with Gasteiger partial charge in [-0.05, 0) is 30.9 Å². The minimum absolute atomic E-state index is 0.00953. The molecule has 0 atom stereocenters. The van der Waals surface area contributed by atoms with Crippen molar-refractivity contribution < 1.29 is 9.90 Å². The first-order valence-corrected chi connectivity index (χ1v) is 9.19. The third-order valence-corrected chi connectivity index (χ3v) is 4.48. The molecule has 1 amide bonds. The van der Waals surface area contributed by atoms with Gasteiger partial charge in [0.2, 0.25) is 17.0 Å². The summed E-state index contributed by atoms with van der Waals surface area (Å²) in [5.41, 5.74) is 4.09. The van der Waals surface area contributed by atoms with Gasteiger partial charge in [-0.15, -0.1) is 11.7 Å². The van der Waals surface area contributed by atoms with E-state index in [0.717, 1.165) is 18.4 Å². The van der Waals surface area contributed by atoms with Crippen LogP contribution in [-0.4, -0.2) is 44.2 Å². The second-order valence-corrected chi connectivity index (χ2v) is 6.76. The molecule has 0 saturated heterocycles. The van der Waals surface area contributed by atoms with Gasteiger partial charge in [0, 0.05) is 11.6 Å². The minimum atomic E-state index is -0.00953. The Morgan fingerprint density at radius 3 is 3.12 bits per heavy atom. The van der Waals surface area contributed by atoms with Crippen LogP contribution >= 0.6 is 11.8 Å². The Hall–Kier alpha value is -2.81. The smallest absolute Gasteiger partial charge is 0.240 e. The van der Waals surface area contributed by atoms with Gasteiger partial charge < -0.3 is 10.4 Å². The number of thioether (sulfide) groups is 1. The fourth-order valence-corrected chi connectivity index (χ4v) is 2.80. The number of phenols is 1. The van der Waals surface area contributed by atoms with Crippen LogP contribution in [0.25, 0.3) is 0 Å². The number of hydrogen-bond donors (Lipinski definition) is 4. The number of carbonyl (C=O) groups is 1. The van der Waals surface area contributed by atoms with E-state index in [0.29, 0.717) is 29.1 Å². The molecule has 3 rings (SSSR count). The highest BCUT2D eigenvalue weighted by molar-refractivity contribution is 7.99. The molecule has 136 valence electrons. The van der Waals surface area contributed by atoms with Crippen LogP contribution in [0.1, 0.15) is 24.0 Å². The largest absolute Gasteiger partial charge is 0.507 e. The highest BCUT2D eigenvalue weighted by Crippen LogP contribution is 2.22. The van der Waals surface area contributed by atoms with E-state index in [1.165, 1.54) is 18.0 Å². The topological polar surface area (TPSA) is 115 Å². The van der Waals surface area contributed by atoms with Gasteiger partial charge in [-0.3, -0.25) is 4.79 Å². The molecule has 0 unspecified atom stereocenters. The summed E-state index contributed by atoms with van der Waals surface area (Å²) in [6, 6.07) is 5.78. The van der Waals surface area contributed by atoms with Crippen molar-refractivity contribution in [3.05, 3.63) is 42.0 Å². The Morgan fingerprint density at radius 1 is 1.50 bits per heavy atom. The first kappa shape index (κ1) is 18.0. The van der Waals surface area contributed by atoms with Crippen molar-refractivity contribution in [3.8, 4) is 5.75 Å². The molecule has 26 heavy (non-hydrogen) atoms. The van der Waals surface area contributed by atoms with Gasteiger partial charge in [0.1, 0.15) is 5.75 Å². The lowest BCUT2D eigenvalue weighted by molar-refractivity contribution is -0.118. The van der Waals surface area contributed by atoms with E-state index in [-0.39, 0.29) is 17.4 Å². The van der Waals surface area contributed by atoms with E-state index in [1.54, 1.807) is 12.1 Å². The Kier molecular flexibility index (Phi) is 5.90. The Bertz CT molecular complexity index is 815. The summed E-state index contributed by atoms with van der Waals surface area (Å²) >= 11 is 1.25. The van der Waals surface area contributed by atoms with Crippen molar-refractivity contribution in [3.63, 3.8) is 0 Å². The molecule has 0 bridgehead atoms. The molecule has 0 aliphatic heterocycles. The molecule has 1 aromatic heterocycles. The third kappa shape index (κ3) is 5.09. The van der Waals surface area contributed by atoms with Crippen molar-refractivity contribution in [1.82, 2.24) is 20.5 Å². The highest BCUT2D eigenvalue weighted by Gasteiger charge is 2.23. The van der Waals surface area contributed by atoms with Gasteiger partial charge >= 0.3 is 0 Å². The summed E-state index contributed by atoms with van der Waals surface area (Å²) in [5, 5.41) is 24.3. The SMILES string of the molecule is C=CCc1cccc(/C=N/Nc2nc(SCC(=O)NC3CC3)n[nH]2)c1O. The van der Waals surface area contributed by atoms with Crippen molar-refractivity contribution in [2.75, 3.05) is 11.2 Å². The van der Waals surface area contributed by atoms with Crippen LogP contribution in [0.2, 0.25) is 0 Å². The number of nitrogens with one attached hydrogen (secondary N) is 3. The maximum atomic E-state index is 11.6. The molecule has 1 fully saturated rings. The zero-order valence-corrected chi connectivity index (χ0v) is 14.9. The number of para-hydroxylation sites is 1. The standard InChI is InChI=1S/C17H20N6O2S/c1-2-4-11-5-3-6-12(15(11)25)9-18-21-16-20-17(23-22-16)26-10-14(24)19-13-7-8-13/h2-3,5-6,9,13,25H,1,4,7-8,10H2,(H,19,24)(H2,20,21,22,23)/b18-9+. The minimum Gasteiger partial charge on any atom is -0.507 e. The average molecular weight is 372 g/mol. The van der Waals surface area contributed by atoms with Crippen LogP contribution in [0, 0.1) is 0 Å². The first-order chi connectivity index (χ1) is 12.7. The number of hydrogen-bond acceptors (Lipinski definition) is 7. The quantitative estimate of drug-likeness (QED) is 0.232. The second-order valence-electron chi connectivity index (χ2n) is 5.81. The van der Waals surface area contributed by atoms with Gasteiger partial charge in [0.05, 0.1) is 12.0 Å². The number of H-pyrrole nitrogens is 1. The number of hydrazone groups is 1. The predicted molar refractivity (Wildman–Crippen MR) is 101 cm³/mol. The zero-order chi connectivity index (χ0) is 18.4. The van der Waals surface area contributed by atoms with Crippen LogP contribution in [0.4, 0.5) is 5.95 Å². The van der Waals surface area contributed by atoms with Crippen LogP contribution < -0.4 is 10.7 Å². The van der Waals surface area contributed by atoms with E-state index in [9.17, 15) is 9.90 Å². The number of nitrogens with zero attached hydrogens (tertiary/aromatic N) is 3. The number of allylic oxidation sites excluding steroid dienone is 1. The molecule has 8 nitrogen and oxygen atoms in total. The molecule has 1 heterocycles. The fourth-order valence-electron chi connectivity index (χ4n) is 2.19. The van der Waals surface area contributed by atoms with E-state index < -0.39 is 0 Å². The molecular formula is C17H20N6O2S. The number of benzene rings is 1. The third-order valence-electron chi connectivity index (χ3n) is 3.63. The number of phenolic OH excluding ortho intramolecular Hbond substituents is 1. The number of rotatable bonds is 9. The zero-order valence-electron chi connectivity index (χ0n) is 14.1. The molecule has 0 spiro atoms. The summed E-state index contributed by atoms with van der Waals surface area (Å²) in [4.78, 5) is 15.8. The number of aromatic hydroxyl groups is 1. The van der Waals surface area contributed by atoms with Crippen molar-refractivity contribution >= 4 is 29.8 Å². The van der Waals surface area contributed by atoms with Crippen molar-refractivity contribution in [2.24, 2.45) is 5.10 Å². The summed E-state index contributed by atoms with van der Waals surface area (Å²) in [6.45, 7) is 3.67. The molecule has 9 heteroatoms. The second kappa shape index (κ2) is 8.52. The number of aromatic nitrogens is 3. The summed E-state index contributed by atoms with van der Waals surface area (Å²) in [7, 11) is 0. The monoisotopic (exact) mass is 372 g/mol. The molecule has 0 radical (unpaired) electrons. The van der Waals surface area contributed by atoms with Crippen molar-refractivity contribution in [1.29, 1.82) is 0 Å². The van der Waals surface area contributed by atoms with Crippen LogP contribution in [-0.2, 0) is 11.2 Å². The lowest BCUT2D eigenvalue weighted by Crippen LogP contribution is -2.27. The number of carbonyl (C=O) groups excluding carboxylic acids is 1. The average Bonchev–Trinajstić information content (AvgIpc) is 3.32. The van der Waals surface area contributed by atoms with Gasteiger partial charge in [0.25, 0.3) is 0 Å². The summed E-state index contributed by atoms with van der Waals surface area (Å²) < 4.78 is 0. The Morgan fingerprint density at radius 2 is 2.35 bits per heavy atom. The molecule has 1 aromatic carbocycles. The molecule has 1 aliphatic carbocycles. The number of amides is 1.